The van der Waals surface area contributed by atoms with Gasteiger partial charge < -0.3 is 15.5 Å². The van der Waals surface area contributed by atoms with E-state index in [2.05, 4.69) is 4.90 Å². The number of amides is 3. The number of carbonyl (C=O) groups excluding carboxylic acids is 3. The summed E-state index contributed by atoms with van der Waals surface area (Å²) in [4.78, 5) is 42.0. The van der Waals surface area contributed by atoms with Crippen LogP contribution in [0.15, 0.2) is 30.3 Å². The summed E-state index contributed by atoms with van der Waals surface area (Å²) in [7, 11) is 0. The molecule has 26 heavy (non-hydrogen) atoms. The van der Waals surface area contributed by atoms with Crippen molar-refractivity contribution < 1.29 is 14.4 Å². The molecular weight excluding hydrogens is 332 g/mol. The Morgan fingerprint density at radius 3 is 2.31 bits per heavy atom. The highest BCUT2D eigenvalue weighted by molar-refractivity contribution is 5.94. The summed E-state index contributed by atoms with van der Waals surface area (Å²) in [6.45, 7) is 4.04. The number of likely N-dealkylation sites (tertiary alicyclic amines) is 1. The second-order valence-corrected chi connectivity index (χ2v) is 7.02. The predicted molar refractivity (Wildman–Crippen MR) is 97.3 cm³/mol. The van der Waals surface area contributed by atoms with Crippen molar-refractivity contribution in [2.45, 2.75) is 12.8 Å². The summed E-state index contributed by atoms with van der Waals surface area (Å²) in [5, 5.41) is 0. The average Bonchev–Trinajstić information content (AvgIpc) is 2.68. The third-order valence-corrected chi connectivity index (χ3v) is 5.22. The van der Waals surface area contributed by atoms with Crippen LogP contribution >= 0.6 is 0 Å². The zero-order valence-corrected chi connectivity index (χ0v) is 15.0. The fourth-order valence-corrected chi connectivity index (χ4v) is 3.60. The van der Waals surface area contributed by atoms with Crippen LogP contribution in [0.4, 0.5) is 0 Å². The summed E-state index contributed by atoms with van der Waals surface area (Å²) in [6, 6.07) is 9.26. The zero-order chi connectivity index (χ0) is 18.5. The van der Waals surface area contributed by atoms with E-state index in [-0.39, 0.29) is 23.6 Å². The van der Waals surface area contributed by atoms with Crippen LogP contribution in [-0.2, 0) is 9.59 Å². The van der Waals surface area contributed by atoms with Gasteiger partial charge in [0.2, 0.25) is 11.8 Å². The first kappa shape index (κ1) is 18.4. The lowest BCUT2D eigenvalue weighted by Crippen LogP contribution is -2.53. The Labute approximate surface area is 153 Å². The van der Waals surface area contributed by atoms with Crippen LogP contribution in [0, 0.1) is 5.92 Å². The molecule has 1 atom stereocenters. The maximum absolute atomic E-state index is 12.5. The lowest BCUT2D eigenvalue weighted by Gasteiger charge is -2.37. The maximum Gasteiger partial charge on any atom is 0.253 e. The molecule has 0 aliphatic carbocycles. The highest BCUT2D eigenvalue weighted by atomic mass is 16.2. The normalized spacial score (nSPS) is 21.5. The molecule has 2 aliphatic heterocycles. The van der Waals surface area contributed by atoms with E-state index in [0.29, 0.717) is 51.4 Å². The Hall–Kier alpha value is -2.41. The number of rotatable bonds is 4. The fourth-order valence-electron chi connectivity index (χ4n) is 3.60. The number of primary amides is 1. The molecule has 2 fully saturated rings. The number of carbonyl (C=O) groups is 3. The minimum absolute atomic E-state index is 0.0388. The van der Waals surface area contributed by atoms with E-state index in [4.69, 9.17) is 5.73 Å². The van der Waals surface area contributed by atoms with E-state index in [0.717, 1.165) is 12.8 Å². The number of piperidine rings is 1. The van der Waals surface area contributed by atoms with E-state index < -0.39 is 0 Å². The van der Waals surface area contributed by atoms with E-state index >= 15 is 0 Å². The summed E-state index contributed by atoms with van der Waals surface area (Å²) in [6.07, 6.45) is 1.58. The smallest absolute Gasteiger partial charge is 0.253 e. The molecule has 7 nitrogen and oxygen atoms in total. The summed E-state index contributed by atoms with van der Waals surface area (Å²) in [5.74, 6) is -0.473. The van der Waals surface area contributed by atoms with Gasteiger partial charge in [0.25, 0.3) is 5.91 Å². The Balaban J connectivity index is 1.47. The van der Waals surface area contributed by atoms with Crippen LogP contribution in [0.2, 0.25) is 0 Å². The number of benzene rings is 1. The van der Waals surface area contributed by atoms with Crippen molar-refractivity contribution in [3.8, 4) is 0 Å². The van der Waals surface area contributed by atoms with E-state index in [1.54, 1.807) is 4.90 Å². The van der Waals surface area contributed by atoms with Gasteiger partial charge in [-0.05, 0) is 25.0 Å². The van der Waals surface area contributed by atoms with Gasteiger partial charge in [0.05, 0.1) is 12.5 Å². The van der Waals surface area contributed by atoms with Gasteiger partial charge in [0, 0.05) is 44.8 Å². The number of hydrogen-bond donors (Lipinski definition) is 1. The number of hydrogen-bond acceptors (Lipinski definition) is 4. The molecule has 2 heterocycles. The lowest BCUT2D eigenvalue weighted by molar-refractivity contribution is -0.136. The molecule has 2 aliphatic rings. The molecule has 1 aromatic carbocycles. The minimum atomic E-state index is -0.324. The van der Waals surface area contributed by atoms with Crippen molar-refractivity contribution in [3.05, 3.63) is 35.9 Å². The van der Waals surface area contributed by atoms with Crippen molar-refractivity contribution in [2.75, 3.05) is 45.8 Å². The van der Waals surface area contributed by atoms with Crippen molar-refractivity contribution >= 4 is 17.7 Å². The van der Waals surface area contributed by atoms with Gasteiger partial charge in [-0.1, -0.05) is 18.2 Å². The van der Waals surface area contributed by atoms with Crippen LogP contribution in [0.25, 0.3) is 0 Å². The molecule has 0 aromatic heterocycles. The number of nitrogens with zero attached hydrogens (tertiary/aromatic N) is 3. The third kappa shape index (κ3) is 4.40. The van der Waals surface area contributed by atoms with Gasteiger partial charge in [0.15, 0.2) is 0 Å². The molecule has 0 radical (unpaired) electrons. The highest BCUT2D eigenvalue weighted by Gasteiger charge is 2.29. The van der Waals surface area contributed by atoms with Crippen molar-refractivity contribution in [1.29, 1.82) is 0 Å². The molecule has 0 saturated carbocycles. The number of nitrogens with two attached hydrogens (primary N) is 1. The Morgan fingerprint density at radius 1 is 0.962 bits per heavy atom. The second kappa shape index (κ2) is 8.31. The standard InChI is InChI=1S/C19H26N4O3/c20-18(25)16-7-4-8-23(13-16)17(24)14-21-9-11-22(12-10-21)19(26)15-5-2-1-3-6-15/h1-3,5-6,16H,4,7-14H2,(H2,20,25)/t16-/m0/s1. The molecule has 2 N–H and O–H groups in total. The molecular formula is C19H26N4O3. The van der Waals surface area contributed by atoms with Crippen LogP contribution < -0.4 is 5.73 Å². The molecule has 7 heteroatoms. The van der Waals surface area contributed by atoms with Crippen LogP contribution in [-0.4, -0.2) is 78.2 Å². The lowest BCUT2D eigenvalue weighted by atomic mass is 9.97. The molecule has 140 valence electrons. The van der Waals surface area contributed by atoms with Crippen molar-refractivity contribution in [2.24, 2.45) is 11.7 Å². The average molecular weight is 358 g/mol. The Kier molecular flexibility index (Phi) is 5.88. The molecule has 0 bridgehead atoms. The van der Waals surface area contributed by atoms with Gasteiger partial charge >= 0.3 is 0 Å². The van der Waals surface area contributed by atoms with E-state index in [1.807, 2.05) is 35.2 Å². The number of piperazine rings is 1. The summed E-state index contributed by atoms with van der Waals surface area (Å²) >= 11 is 0. The largest absolute Gasteiger partial charge is 0.369 e. The summed E-state index contributed by atoms with van der Waals surface area (Å²) in [5.41, 5.74) is 6.08. The zero-order valence-electron chi connectivity index (χ0n) is 15.0. The van der Waals surface area contributed by atoms with Gasteiger partial charge in [-0.15, -0.1) is 0 Å². The molecule has 0 unspecified atom stereocenters. The SMILES string of the molecule is NC(=O)[C@H]1CCCN(C(=O)CN2CCN(C(=O)c3ccccc3)CC2)C1. The Bertz CT molecular complexity index is 656. The van der Waals surface area contributed by atoms with Gasteiger partial charge in [0.1, 0.15) is 0 Å². The molecule has 1 aromatic rings. The first-order valence-electron chi connectivity index (χ1n) is 9.18. The monoisotopic (exact) mass is 358 g/mol. The quantitative estimate of drug-likeness (QED) is 0.831. The third-order valence-electron chi connectivity index (χ3n) is 5.22. The van der Waals surface area contributed by atoms with Crippen LogP contribution in [0.1, 0.15) is 23.2 Å². The first-order valence-corrected chi connectivity index (χ1v) is 9.18. The highest BCUT2D eigenvalue weighted by Crippen LogP contribution is 2.16. The van der Waals surface area contributed by atoms with Gasteiger partial charge in [-0.25, -0.2) is 0 Å². The topological polar surface area (TPSA) is 86.9 Å². The van der Waals surface area contributed by atoms with Crippen molar-refractivity contribution in [3.63, 3.8) is 0 Å². The van der Waals surface area contributed by atoms with Crippen LogP contribution in [0.5, 0.6) is 0 Å². The molecule has 2 saturated heterocycles. The molecule has 3 rings (SSSR count). The van der Waals surface area contributed by atoms with Gasteiger partial charge in [-0.3, -0.25) is 19.3 Å². The summed E-state index contributed by atoms with van der Waals surface area (Å²) < 4.78 is 0. The van der Waals surface area contributed by atoms with Crippen molar-refractivity contribution in [1.82, 2.24) is 14.7 Å². The molecule has 0 spiro atoms. The first-order chi connectivity index (χ1) is 12.5. The Morgan fingerprint density at radius 2 is 1.65 bits per heavy atom. The predicted octanol–water partition coefficient (Wildman–Crippen LogP) is 0.168. The fraction of sp³-hybridized carbons (Fsp3) is 0.526. The molecule has 3 amide bonds. The van der Waals surface area contributed by atoms with Crippen LogP contribution in [0.3, 0.4) is 0 Å². The minimum Gasteiger partial charge on any atom is -0.369 e. The van der Waals surface area contributed by atoms with Gasteiger partial charge in [-0.2, -0.15) is 0 Å². The second-order valence-electron chi connectivity index (χ2n) is 7.02. The van der Waals surface area contributed by atoms with E-state index in [9.17, 15) is 14.4 Å². The van der Waals surface area contributed by atoms with E-state index in [1.165, 1.54) is 0 Å². The maximum atomic E-state index is 12.5.